The summed E-state index contributed by atoms with van der Waals surface area (Å²) in [6, 6.07) is 9.41. The van der Waals surface area contributed by atoms with E-state index in [0.29, 0.717) is 32.0 Å². The van der Waals surface area contributed by atoms with Gasteiger partial charge in [0.25, 0.3) is 0 Å². The summed E-state index contributed by atoms with van der Waals surface area (Å²) in [7, 11) is 0. The van der Waals surface area contributed by atoms with E-state index in [9.17, 15) is 4.79 Å². The van der Waals surface area contributed by atoms with Gasteiger partial charge in [-0.05, 0) is 35.9 Å². The van der Waals surface area contributed by atoms with Gasteiger partial charge in [-0.2, -0.15) is 5.10 Å². The lowest BCUT2D eigenvalue weighted by molar-refractivity contribution is -0.133. The Labute approximate surface area is 151 Å². The summed E-state index contributed by atoms with van der Waals surface area (Å²) in [4.78, 5) is 18.6. The largest absolute Gasteiger partial charge is 0.469 e. The Morgan fingerprint density at radius 3 is 2.88 bits per heavy atom. The minimum atomic E-state index is -0.134. The monoisotopic (exact) mass is 352 g/mol. The van der Waals surface area contributed by atoms with Crippen molar-refractivity contribution in [3.8, 4) is 0 Å². The topological polar surface area (TPSA) is 73.4 Å². The van der Waals surface area contributed by atoms with Crippen molar-refractivity contribution in [2.24, 2.45) is 0 Å². The molecule has 1 atom stereocenters. The second kappa shape index (κ2) is 7.53. The third-order valence-corrected chi connectivity index (χ3v) is 4.45. The van der Waals surface area contributed by atoms with Crippen LogP contribution in [0, 0.1) is 0 Å². The first-order valence-corrected chi connectivity index (χ1v) is 8.59. The highest BCUT2D eigenvalue weighted by atomic mass is 16.5. The Bertz CT molecular complexity index is 845. The molecule has 0 bridgehead atoms. The molecule has 3 aromatic rings. The number of furan rings is 1. The Balaban J connectivity index is 1.47. The van der Waals surface area contributed by atoms with Gasteiger partial charge in [0.05, 0.1) is 44.2 Å². The molecule has 134 valence electrons. The number of hydrogen-bond acceptors (Lipinski definition) is 5. The van der Waals surface area contributed by atoms with E-state index >= 15 is 0 Å². The molecule has 0 fully saturated rings. The minimum Gasteiger partial charge on any atom is -0.469 e. The van der Waals surface area contributed by atoms with E-state index in [1.165, 1.54) is 0 Å². The molecule has 1 amide bonds. The molecule has 26 heavy (non-hydrogen) atoms. The van der Waals surface area contributed by atoms with Crippen LogP contribution in [0.5, 0.6) is 0 Å². The van der Waals surface area contributed by atoms with E-state index in [2.05, 4.69) is 10.1 Å². The van der Waals surface area contributed by atoms with Crippen LogP contribution < -0.4 is 0 Å². The van der Waals surface area contributed by atoms with Crippen molar-refractivity contribution >= 4 is 5.91 Å². The lowest BCUT2D eigenvalue weighted by Crippen LogP contribution is -2.38. The van der Waals surface area contributed by atoms with Gasteiger partial charge >= 0.3 is 0 Å². The maximum absolute atomic E-state index is 12.7. The van der Waals surface area contributed by atoms with Crippen LogP contribution in [-0.4, -0.2) is 38.2 Å². The average molecular weight is 352 g/mol. The summed E-state index contributed by atoms with van der Waals surface area (Å²) in [5, 5.41) is 4.36. The first-order valence-electron chi connectivity index (χ1n) is 8.59. The van der Waals surface area contributed by atoms with Gasteiger partial charge in [-0.15, -0.1) is 0 Å². The number of pyridine rings is 1. The van der Waals surface area contributed by atoms with Gasteiger partial charge < -0.3 is 14.1 Å². The molecule has 0 unspecified atom stereocenters. The van der Waals surface area contributed by atoms with Crippen molar-refractivity contribution in [3.63, 3.8) is 0 Å². The number of amides is 1. The lowest BCUT2D eigenvalue weighted by Gasteiger charge is -2.24. The zero-order valence-corrected chi connectivity index (χ0v) is 14.3. The van der Waals surface area contributed by atoms with Crippen LogP contribution in [0.3, 0.4) is 0 Å². The predicted octanol–water partition coefficient (Wildman–Crippen LogP) is 2.04. The number of rotatable bonds is 5. The van der Waals surface area contributed by atoms with Gasteiger partial charge in [-0.1, -0.05) is 0 Å². The smallest absolute Gasteiger partial charge is 0.230 e. The van der Waals surface area contributed by atoms with Crippen LogP contribution in [-0.2, 0) is 35.6 Å². The summed E-state index contributed by atoms with van der Waals surface area (Å²) in [5.41, 5.74) is 2.06. The highest BCUT2D eigenvalue weighted by Crippen LogP contribution is 2.16. The normalized spacial score (nSPS) is 16.9. The number of carbonyl (C=O) groups excluding carboxylic acids is 1. The van der Waals surface area contributed by atoms with Gasteiger partial charge in [0.15, 0.2) is 0 Å². The van der Waals surface area contributed by atoms with Crippen molar-refractivity contribution in [1.29, 1.82) is 0 Å². The van der Waals surface area contributed by atoms with Crippen molar-refractivity contribution in [3.05, 3.63) is 72.2 Å². The second-order valence-corrected chi connectivity index (χ2v) is 6.32. The van der Waals surface area contributed by atoms with Crippen LogP contribution >= 0.6 is 0 Å². The van der Waals surface area contributed by atoms with Crippen molar-refractivity contribution in [1.82, 2.24) is 19.7 Å². The molecule has 1 aliphatic rings. The predicted molar refractivity (Wildman–Crippen MR) is 92.9 cm³/mol. The number of fused-ring (bicyclic) bond motifs is 1. The SMILES string of the molecule is O=C(Cc1ccco1)N1Cc2ccnn2C[C@H](OCc2ccncc2)C1. The minimum absolute atomic E-state index is 0.0205. The fourth-order valence-corrected chi connectivity index (χ4v) is 3.08. The zero-order valence-electron chi connectivity index (χ0n) is 14.3. The Hall–Kier alpha value is -2.93. The van der Waals surface area contributed by atoms with Crippen molar-refractivity contribution in [2.75, 3.05) is 6.54 Å². The van der Waals surface area contributed by atoms with E-state index in [-0.39, 0.29) is 18.4 Å². The van der Waals surface area contributed by atoms with Crippen LogP contribution in [0.1, 0.15) is 17.0 Å². The first-order chi connectivity index (χ1) is 12.8. The fourth-order valence-electron chi connectivity index (χ4n) is 3.08. The molecular weight excluding hydrogens is 332 g/mol. The van der Waals surface area contributed by atoms with E-state index in [4.69, 9.17) is 9.15 Å². The maximum Gasteiger partial charge on any atom is 0.230 e. The lowest BCUT2D eigenvalue weighted by atomic mass is 10.2. The van der Waals surface area contributed by atoms with Crippen LogP contribution in [0.15, 0.2) is 59.6 Å². The van der Waals surface area contributed by atoms with Gasteiger partial charge in [-0.3, -0.25) is 14.5 Å². The molecule has 0 aliphatic carbocycles. The Morgan fingerprint density at radius 1 is 1.19 bits per heavy atom. The van der Waals surface area contributed by atoms with E-state index < -0.39 is 0 Å². The summed E-state index contributed by atoms with van der Waals surface area (Å²) >= 11 is 0. The highest BCUT2D eigenvalue weighted by Gasteiger charge is 2.26. The third-order valence-electron chi connectivity index (χ3n) is 4.45. The summed E-state index contributed by atoms with van der Waals surface area (Å²) in [6.07, 6.45) is 6.95. The van der Waals surface area contributed by atoms with E-state index in [1.54, 1.807) is 30.9 Å². The number of aromatic nitrogens is 3. The van der Waals surface area contributed by atoms with E-state index in [0.717, 1.165) is 11.3 Å². The fraction of sp³-hybridized carbons (Fsp3) is 0.316. The molecule has 4 rings (SSSR count). The average Bonchev–Trinajstić information content (AvgIpc) is 3.29. The summed E-state index contributed by atoms with van der Waals surface area (Å²) in [6.45, 7) is 2.14. The molecule has 0 saturated heterocycles. The summed E-state index contributed by atoms with van der Waals surface area (Å²) in [5.74, 6) is 0.689. The second-order valence-electron chi connectivity index (χ2n) is 6.32. The van der Waals surface area contributed by atoms with Gasteiger partial charge in [0.2, 0.25) is 5.91 Å². The van der Waals surface area contributed by atoms with Gasteiger partial charge in [-0.25, -0.2) is 0 Å². The standard InChI is InChI=1S/C19H20N4O3/c24-19(10-17-2-1-9-25-17)22-11-16-5-8-21-23(16)13-18(12-22)26-14-15-3-6-20-7-4-15/h1-9,18H,10-14H2/t18-/m1/s1. The molecule has 4 heterocycles. The third kappa shape index (κ3) is 3.83. The van der Waals surface area contributed by atoms with Crippen molar-refractivity contribution in [2.45, 2.75) is 32.2 Å². The van der Waals surface area contributed by atoms with Crippen LogP contribution in [0.4, 0.5) is 0 Å². The molecular formula is C19H20N4O3. The number of nitrogens with zero attached hydrogens (tertiary/aromatic N) is 4. The number of ether oxygens (including phenoxy) is 1. The highest BCUT2D eigenvalue weighted by molar-refractivity contribution is 5.78. The Kier molecular flexibility index (Phi) is 4.79. The first kappa shape index (κ1) is 16.5. The van der Waals surface area contributed by atoms with Crippen LogP contribution in [0.2, 0.25) is 0 Å². The van der Waals surface area contributed by atoms with Crippen LogP contribution in [0.25, 0.3) is 0 Å². The molecule has 7 nitrogen and oxygen atoms in total. The molecule has 3 aromatic heterocycles. The molecule has 0 spiro atoms. The number of hydrogen-bond donors (Lipinski definition) is 0. The quantitative estimate of drug-likeness (QED) is 0.703. The molecule has 0 radical (unpaired) electrons. The molecule has 7 heteroatoms. The van der Waals surface area contributed by atoms with E-state index in [1.807, 2.05) is 33.8 Å². The van der Waals surface area contributed by atoms with Gasteiger partial charge in [0, 0.05) is 25.1 Å². The summed E-state index contributed by atoms with van der Waals surface area (Å²) < 4.78 is 13.3. The molecule has 0 N–H and O–H groups in total. The zero-order chi connectivity index (χ0) is 17.8. The Morgan fingerprint density at radius 2 is 2.08 bits per heavy atom. The molecule has 0 saturated carbocycles. The molecule has 1 aliphatic heterocycles. The van der Waals surface area contributed by atoms with Crippen molar-refractivity contribution < 1.29 is 13.9 Å². The van der Waals surface area contributed by atoms with Gasteiger partial charge in [0.1, 0.15) is 5.76 Å². The maximum atomic E-state index is 12.7. The molecule has 0 aromatic carbocycles. The number of carbonyl (C=O) groups is 1.